The van der Waals surface area contributed by atoms with Crippen molar-refractivity contribution in [2.75, 3.05) is 0 Å². The van der Waals surface area contributed by atoms with Crippen LogP contribution in [0, 0.1) is 12.3 Å². The van der Waals surface area contributed by atoms with Crippen LogP contribution in [0.4, 0.5) is 0 Å². The normalized spacial score (nSPS) is 13.0. The van der Waals surface area contributed by atoms with Gasteiger partial charge in [-0.05, 0) is 70.3 Å². The lowest BCUT2D eigenvalue weighted by Gasteiger charge is -2.18. The summed E-state index contributed by atoms with van der Waals surface area (Å²) in [5, 5.41) is 8.99. The second-order valence-corrected chi connectivity index (χ2v) is 10.8. The number of fused-ring (bicyclic) bond motifs is 7. The molecule has 0 saturated heterocycles. The van der Waals surface area contributed by atoms with Crippen molar-refractivity contribution in [3.8, 4) is 0 Å². The molecule has 3 aromatic heterocycles. The molecule has 0 bridgehead atoms. The van der Waals surface area contributed by atoms with E-state index < -0.39 is 0 Å². The zero-order chi connectivity index (χ0) is 22.5. The van der Waals surface area contributed by atoms with E-state index in [1.165, 1.54) is 65.4 Å². The lowest BCUT2D eigenvalue weighted by Crippen LogP contribution is -2.08. The Hall–Kier alpha value is -3.65. The molecule has 7 aromatic rings. The van der Waals surface area contributed by atoms with Crippen molar-refractivity contribution in [2.24, 2.45) is 5.41 Å². The summed E-state index contributed by atoms with van der Waals surface area (Å²) in [5.41, 5.74) is 7.92. The van der Waals surface area contributed by atoms with Gasteiger partial charge in [-0.2, -0.15) is 0 Å². The quantitative estimate of drug-likeness (QED) is 0.190. The molecule has 0 radical (unpaired) electrons. The molecule has 0 aliphatic heterocycles. The summed E-state index contributed by atoms with van der Waals surface area (Å²) >= 11 is 0. The highest BCUT2D eigenvalue weighted by Crippen LogP contribution is 2.43. The van der Waals surface area contributed by atoms with Crippen LogP contribution in [0.1, 0.15) is 31.9 Å². The van der Waals surface area contributed by atoms with Crippen LogP contribution in [0.2, 0.25) is 0 Å². The van der Waals surface area contributed by atoms with Crippen molar-refractivity contribution in [1.82, 2.24) is 9.38 Å². The Bertz CT molecular complexity index is 1880. The third kappa shape index (κ3) is 2.52. The van der Waals surface area contributed by atoms with Crippen molar-refractivity contribution in [3.05, 3.63) is 84.1 Å². The van der Waals surface area contributed by atoms with Crippen molar-refractivity contribution >= 4 is 59.8 Å². The Kier molecular flexibility index (Phi) is 3.56. The zero-order valence-electron chi connectivity index (χ0n) is 19.5. The van der Waals surface area contributed by atoms with Gasteiger partial charge >= 0.3 is 0 Å². The molecular formula is C31H26N2. The van der Waals surface area contributed by atoms with Crippen LogP contribution in [0.25, 0.3) is 59.8 Å². The Morgan fingerprint density at radius 1 is 0.758 bits per heavy atom. The van der Waals surface area contributed by atoms with E-state index in [1.807, 2.05) is 6.20 Å². The number of hydrogen-bond donors (Lipinski definition) is 0. The van der Waals surface area contributed by atoms with E-state index in [1.54, 1.807) is 0 Å². The molecule has 0 saturated carbocycles. The average Bonchev–Trinajstić information content (AvgIpc) is 3.12. The van der Waals surface area contributed by atoms with E-state index in [0.717, 1.165) is 11.9 Å². The van der Waals surface area contributed by atoms with Crippen molar-refractivity contribution in [2.45, 2.75) is 34.1 Å². The van der Waals surface area contributed by atoms with Gasteiger partial charge in [-0.1, -0.05) is 63.2 Å². The van der Waals surface area contributed by atoms with Gasteiger partial charge in [0, 0.05) is 27.7 Å². The minimum Gasteiger partial charge on any atom is -0.308 e. The Balaban J connectivity index is 1.78. The Morgan fingerprint density at radius 2 is 1.61 bits per heavy atom. The zero-order valence-corrected chi connectivity index (χ0v) is 19.5. The van der Waals surface area contributed by atoms with Crippen molar-refractivity contribution in [3.63, 3.8) is 0 Å². The van der Waals surface area contributed by atoms with Crippen LogP contribution in [-0.4, -0.2) is 9.38 Å². The third-order valence-corrected chi connectivity index (χ3v) is 7.21. The maximum Gasteiger partial charge on any atom is 0.0823 e. The number of aryl methyl sites for hydroxylation is 1. The highest BCUT2D eigenvalue weighted by atomic mass is 14.9. The Labute approximate surface area is 192 Å². The van der Waals surface area contributed by atoms with Gasteiger partial charge < -0.3 is 4.40 Å². The summed E-state index contributed by atoms with van der Waals surface area (Å²) < 4.78 is 2.51. The number of aromatic nitrogens is 2. The van der Waals surface area contributed by atoms with E-state index in [9.17, 15) is 0 Å². The first-order chi connectivity index (χ1) is 15.9. The SMILES string of the molecule is Cc1c2ccccc2cc2c3nccc4ccc5c6cc(CC(C)(C)C)ccc6n(c12)c5c43. The molecule has 4 aromatic carbocycles. The molecule has 0 fully saturated rings. The van der Waals surface area contributed by atoms with E-state index in [4.69, 9.17) is 4.98 Å². The number of hydrogen-bond acceptors (Lipinski definition) is 1. The number of rotatable bonds is 1. The van der Waals surface area contributed by atoms with E-state index >= 15 is 0 Å². The molecule has 0 N–H and O–H groups in total. The predicted octanol–water partition coefficient (Wildman–Crippen LogP) is 8.44. The number of nitrogens with zero attached hydrogens (tertiary/aromatic N) is 2. The fourth-order valence-electron chi connectivity index (χ4n) is 5.96. The molecule has 0 aliphatic carbocycles. The lowest BCUT2D eigenvalue weighted by atomic mass is 9.88. The van der Waals surface area contributed by atoms with Gasteiger partial charge in [0.2, 0.25) is 0 Å². The van der Waals surface area contributed by atoms with Gasteiger partial charge in [0.1, 0.15) is 0 Å². The molecular weight excluding hydrogens is 400 g/mol. The summed E-state index contributed by atoms with van der Waals surface area (Å²) in [6.45, 7) is 9.20. The van der Waals surface area contributed by atoms with Crippen LogP contribution in [0.5, 0.6) is 0 Å². The van der Waals surface area contributed by atoms with Crippen LogP contribution in [0.15, 0.2) is 72.9 Å². The first-order valence-electron chi connectivity index (χ1n) is 11.8. The molecule has 0 atom stereocenters. The van der Waals surface area contributed by atoms with Gasteiger partial charge in [-0.15, -0.1) is 0 Å². The molecule has 3 heterocycles. The largest absolute Gasteiger partial charge is 0.308 e. The van der Waals surface area contributed by atoms with Gasteiger partial charge in [-0.25, -0.2) is 0 Å². The van der Waals surface area contributed by atoms with Gasteiger partial charge in [0.05, 0.1) is 22.1 Å². The molecule has 0 aliphatic rings. The summed E-state index contributed by atoms with van der Waals surface area (Å²) in [6.07, 6.45) is 3.02. The molecule has 2 heteroatoms. The first kappa shape index (κ1) is 18.9. The standard InChI is InChI=1S/C31H26N2/c1-18-22-8-6-5-7-21(22)16-25-28-27-20(13-14-32-28)10-11-23-24-15-19(17-31(2,3)4)9-12-26(24)33(29(18)25)30(23)27/h5-16H,17H2,1-4H3. The monoisotopic (exact) mass is 426 g/mol. The van der Waals surface area contributed by atoms with Crippen LogP contribution in [-0.2, 0) is 6.42 Å². The fourth-order valence-corrected chi connectivity index (χ4v) is 5.96. The van der Waals surface area contributed by atoms with Crippen LogP contribution >= 0.6 is 0 Å². The fraction of sp³-hybridized carbons (Fsp3) is 0.194. The lowest BCUT2D eigenvalue weighted by molar-refractivity contribution is 0.411. The van der Waals surface area contributed by atoms with Gasteiger partial charge in [0.25, 0.3) is 0 Å². The summed E-state index contributed by atoms with van der Waals surface area (Å²) in [5.74, 6) is 0. The maximum absolute atomic E-state index is 4.93. The summed E-state index contributed by atoms with van der Waals surface area (Å²) in [4.78, 5) is 4.93. The average molecular weight is 427 g/mol. The molecule has 0 amide bonds. The topological polar surface area (TPSA) is 17.3 Å². The highest BCUT2D eigenvalue weighted by molar-refractivity contribution is 6.28. The predicted molar refractivity (Wildman–Crippen MR) is 142 cm³/mol. The van der Waals surface area contributed by atoms with Gasteiger partial charge in [-0.3, -0.25) is 4.98 Å². The Morgan fingerprint density at radius 3 is 2.45 bits per heavy atom. The van der Waals surface area contributed by atoms with Gasteiger partial charge in [0.15, 0.2) is 0 Å². The summed E-state index contributed by atoms with van der Waals surface area (Å²) in [6, 6.07) is 24.8. The molecule has 0 unspecified atom stereocenters. The second kappa shape index (κ2) is 6.23. The van der Waals surface area contributed by atoms with Crippen molar-refractivity contribution in [1.29, 1.82) is 0 Å². The summed E-state index contributed by atoms with van der Waals surface area (Å²) in [7, 11) is 0. The van der Waals surface area contributed by atoms with E-state index in [2.05, 4.69) is 98.8 Å². The van der Waals surface area contributed by atoms with Crippen LogP contribution < -0.4 is 0 Å². The van der Waals surface area contributed by atoms with E-state index in [-0.39, 0.29) is 5.41 Å². The minimum atomic E-state index is 0.256. The molecule has 160 valence electrons. The molecule has 33 heavy (non-hydrogen) atoms. The first-order valence-corrected chi connectivity index (χ1v) is 11.8. The highest BCUT2D eigenvalue weighted by Gasteiger charge is 2.21. The smallest absolute Gasteiger partial charge is 0.0823 e. The second-order valence-electron chi connectivity index (χ2n) is 10.8. The molecule has 0 spiro atoms. The van der Waals surface area contributed by atoms with Crippen molar-refractivity contribution < 1.29 is 0 Å². The minimum absolute atomic E-state index is 0.256. The van der Waals surface area contributed by atoms with E-state index in [0.29, 0.717) is 0 Å². The number of benzene rings is 4. The van der Waals surface area contributed by atoms with Crippen LogP contribution in [0.3, 0.4) is 0 Å². The number of pyridine rings is 2. The third-order valence-electron chi connectivity index (χ3n) is 7.21. The molecule has 7 rings (SSSR count). The molecule has 2 nitrogen and oxygen atoms in total. The maximum atomic E-state index is 4.93.